The van der Waals surface area contributed by atoms with Crippen molar-refractivity contribution >= 4 is 21.6 Å². The Bertz CT molecular complexity index is 1360. The van der Waals surface area contributed by atoms with Gasteiger partial charge in [-0.1, -0.05) is 36.8 Å². The largest absolute Gasteiger partial charge is 0.493 e. The Morgan fingerprint density at radius 2 is 1.51 bits per heavy atom. The van der Waals surface area contributed by atoms with Gasteiger partial charge in [-0.25, -0.2) is 8.42 Å². The molecule has 0 aliphatic rings. The van der Waals surface area contributed by atoms with Crippen molar-refractivity contribution in [2.45, 2.75) is 52.0 Å². The van der Waals surface area contributed by atoms with Crippen molar-refractivity contribution in [3.05, 3.63) is 82.4 Å². The van der Waals surface area contributed by atoms with Gasteiger partial charge in [0.1, 0.15) is 6.54 Å². The van der Waals surface area contributed by atoms with Gasteiger partial charge >= 0.3 is 0 Å². The summed E-state index contributed by atoms with van der Waals surface area (Å²) in [5.74, 6) is 0.306. The smallest absolute Gasteiger partial charge is 0.264 e. The van der Waals surface area contributed by atoms with Gasteiger partial charge in [0, 0.05) is 6.07 Å². The lowest BCUT2D eigenvalue weighted by atomic mass is 9.97. The SMILES string of the molecule is CCC(NC(=O)CN(c1cc(C)cc(C)c1)S(=O)(=O)c1ccc(OC)c(OC)c1)c1ccc(C)cc1C. The van der Waals surface area contributed by atoms with Gasteiger partial charge in [-0.3, -0.25) is 9.10 Å². The number of carbonyl (C=O) groups is 1. The normalized spacial score (nSPS) is 12.1. The molecular weight excluding hydrogens is 488 g/mol. The summed E-state index contributed by atoms with van der Waals surface area (Å²) in [7, 11) is -1.19. The van der Waals surface area contributed by atoms with Crippen LogP contribution in [0.25, 0.3) is 0 Å². The molecule has 3 aromatic rings. The second kappa shape index (κ2) is 11.7. The number of ether oxygens (including phenoxy) is 2. The molecule has 3 aromatic carbocycles. The molecule has 0 aliphatic heterocycles. The van der Waals surface area contributed by atoms with Crippen LogP contribution in [0.1, 0.15) is 47.2 Å². The number of hydrogen-bond donors (Lipinski definition) is 1. The first-order valence-corrected chi connectivity index (χ1v) is 13.6. The highest BCUT2D eigenvalue weighted by molar-refractivity contribution is 7.92. The number of anilines is 1. The molecule has 8 heteroatoms. The van der Waals surface area contributed by atoms with E-state index in [4.69, 9.17) is 9.47 Å². The first kappa shape index (κ1) is 28.1. The van der Waals surface area contributed by atoms with Crippen LogP contribution in [-0.4, -0.2) is 35.1 Å². The summed E-state index contributed by atoms with van der Waals surface area (Å²) in [5, 5.41) is 3.05. The predicted octanol–water partition coefficient (Wildman–Crippen LogP) is 5.40. The molecular formula is C29H36N2O5S. The Kier molecular flexibility index (Phi) is 8.86. The first-order chi connectivity index (χ1) is 17.5. The number of methoxy groups -OCH3 is 2. The molecule has 0 aromatic heterocycles. The zero-order valence-corrected chi connectivity index (χ0v) is 23.4. The third-order valence-electron chi connectivity index (χ3n) is 6.27. The number of carbonyl (C=O) groups excluding carboxylic acids is 1. The summed E-state index contributed by atoms with van der Waals surface area (Å²) < 4.78 is 39.6. The number of hydrogen-bond acceptors (Lipinski definition) is 5. The van der Waals surface area contributed by atoms with Crippen LogP contribution >= 0.6 is 0 Å². The van der Waals surface area contributed by atoms with E-state index in [0.29, 0.717) is 17.9 Å². The number of nitrogens with zero attached hydrogens (tertiary/aromatic N) is 1. The fourth-order valence-electron chi connectivity index (χ4n) is 4.50. The minimum absolute atomic E-state index is 0.00136. The molecule has 0 aliphatic carbocycles. The lowest BCUT2D eigenvalue weighted by Crippen LogP contribution is -2.42. The van der Waals surface area contributed by atoms with Crippen molar-refractivity contribution in [1.29, 1.82) is 0 Å². The summed E-state index contributed by atoms with van der Waals surface area (Å²) in [4.78, 5) is 13.4. The van der Waals surface area contributed by atoms with E-state index in [1.807, 2.05) is 52.8 Å². The fourth-order valence-corrected chi connectivity index (χ4v) is 5.92. The van der Waals surface area contributed by atoms with E-state index >= 15 is 0 Å². The number of amides is 1. The lowest BCUT2D eigenvalue weighted by Gasteiger charge is -2.27. The quantitative estimate of drug-likeness (QED) is 0.384. The van der Waals surface area contributed by atoms with Crippen molar-refractivity contribution in [3.8, 4) is 11.5 Å². The molecule has 0 saturated heterocycles. The minimum Gasteiger partial charge on any atom is -0.493 e. The van der Waals surface area contributed by atoms with Crippen molar-refractivity contribution in [2.75, 3.05) is 25.1 Å². The standard InChI is InChI=1S/C29H36N2O5S/c1-8-26(25-11-9-19(2)14-22(25)5)30-29(32)18-31(23-15-20(3)13-21(4)16-23)37(33,34)24-10-12-27(35-6)28(17-24)36-7/h9-17,26H,8,18H2,1-7H3,(H,30,32). The number of nitrogens with one attached hydrogen (secondary N) is 1. The van der Waals surface area contributed by atoms with Gasteiger partial charge in [0.05, 0.1) is 30.8 Å². The van der Waals surface area contributed by atoms with E-state index in [0.717, 1.165) is 32.1 Å². The molecule has 0 fully saturated rings. The van der Waals surface area contributed by atoms with E-state index in [1.165, 1.54) is 26.4 Å². The zero-order valence-electron chi connectivity index (χ0n) is 22.6. The van der Waals surface area contributed by atoms with Gasteiger partial charge in [-0.05, 0) is 80.6 Å². The predicted molar refractivity (Wildman–Crippen MR) is 147 cm³/mol. The van der Waals surface area contributed by atoms with Gasteiger partial charge < -0.3 is 14.8 Å². The highest BCUT2D eigenvalue weighted by Crippen LogP contribution is 2.33. The molecule has 1 atom stereocenters. The summed E-state index contributed by atoms with van der Waals surface area (Å²) in [5.41, 5.74) is 5.44. The maximum Gasteiger partial charge on any atom is 0.264 e. The van der Waals surface area contributed by atoms with Gasteiger partial charge in [0.25, 0.3) is 10.0 Å². The Morgan fingerprint density at radius 1 is 0.865 bits per heavy atom. The average molecular weight is 525 g/mol. The minimum atomic E-state index is -4.12. The molecule has 1 N–H and O–H groups in total. The molecule has 0 radical (unpaired) electrons. The summed E-state index contributed by atoms with van der Waals surface area (Å²) in [6.07, 6.45) is 0.668. The van der Waals surface area contributed by atoms with E-state index < -0.39 is 15.9 Å². The average Bonchev–Trinajstić information content (AvgIpc) is 2.85. The first-order valence-electron chi connectivity index (χ1n) is 12.2. The van der Waals surface area contributed by atoms with Gasteiger partial charge in [0.15, 0.2) is 11.5 Å². The maximum absolute atomic E-state index is 13.9. The van der Waals surface area contributed by atoms with E-state index in [2.05, 4.69) is 11.4 Å². The van der Waals surface area contributed by atoms with Gasteiger partial charge in [-0.2, -0.15) is 0 Å². The Hall–Kier alpha value is -3.52. The second-order valence-corrected chi connectivity index (χ2v) is 11.1. The fraction of sp³-hybridized carbons (Fsp3) is 0.345. The van der Waals surface area contributed by atoms with Crippen LogP contribution in [0.3, 0.4) is 0 Å². The van der Waals surface area contributed by atoms with Crippen LogP contribution in [-0.2, 0) is 14.8 Å². The third kappa shape index (κ3) is 6.43. The van der Waals surface area contributed by atoms with Gasteiger partial charge in [-0.15, -0.1) is 0 Å². The highest BCUT2D eigenvalue weighted by atomic mass is 32.2. The topological polar surface area (TPSA) is 84.9 Å². The number of benzene rings is 3. The Labute approximate surface area is 220 Å². The number of sulfonamides is 1. The molecule has 0 heterocycles. The summed E-state index contributed by atoms with van der Waals surface area (Å²) in [6.45, 7) is 9.45. The molecule has 0 spiro atoms. The monoisotopic (exact) mass is 524 g/mol. The van der Waals surface area contributed by atoms with Crippen molar-refractivity contribution in [3.63, 3.8) is 0 Å². The molecule has 198 valence electrons. The van der Waals surface area contributed by atoms with Crippen molar-refractivity contribution < 1.29 is 22.7 Å². The van der Waals surface area contributed by atoms with Crippen LogP contribution in [0.5, 0.6) is 11.5 Å². The van der Waals surface area contributed by atoms with Crippen molar-refractivity contribution in [1.82, 2.24) is 5.32 Å². The zero-order chi connectivity index (χ0) is 27.3. The van der Waals surface area contributed by atoms with E-state index in [-0.39, 0.29) is 23.2 Å². The third-order valence-corrected chi connectivity index (χ3v) is 8.04. The summed E-state index contributed by atoms with van der Waals surface area (Å²) >= 11 is 0. The van der Waals surface area contributed by atoms with Crippen LogP contribution in [0.2, 0.25) is 0 Å². The second-order valence-electron chi connectivity index (χ2n) is 9.26. The van der Waals surface area contributed by atoms with Crippen molar-refractivity contribution in [2.24, 2.45) is 0 Å². The molecule has 3 rings (SSSR count). The van der Waals surface area contributed by atoms with Gasteiger partial charge in [0.2, 0.25) is 5.91 Å². The number of aryl methyl sites for hydroxylation is 4. The maximum atomic E-state index is 13.9. The van der Waals surface area contributed by atoms with E-state index in [9.17, 15) is 13.2 Å². The Balaban J connectivity index is 2.01. The molecule has 7 nitrogen and oxygen atoms in total. The Morgan fingerprint density at radius 3 is 2.08 bits per heavy atom. The molecule has 1 unspecified atom stereocenters. The molecule has 0 bridgehead atoms. The van der Waals surface area contributed by atoms with E-state index in [1.54, 1.807) is 18.2 Å². The van der Waals surface area contributed by atoms with Crippen LogP contribution < -0.4 is 19.1 Å². The van der Waals surface area contributed by atoms with Crippen LogP contribution in [0, 0.1) is 27.7 Å². The summed E-state index contributed by atoms with van der Waals surface area (Å²) in [6, 6.07) is 15.8. The lowest BCUT2D eigenvalue weighted by molar-refractivity contribution is -0.120. The highest BCUT2D eigenvalue weighted by Gasteiger charge is 2.29. The molecule has 37 heavy (non-hydrogen) atoms. The van der Waals surface area contributed by atoms with Crippen LogP contribution in [0.15, 0.2) is 59.5 Å². The van der Waals surface area contributed by atoms with Crippen LogP contribution in [0.4, 0.5) is 5.69 Å². The number of rotatable bonds is 10. The molecule has 1 amide bonds. The molecule has 0 saturated carbocycles.